The van der Waals surface area contributed by atoms with E-state index in [0.717, 1.165) is 5.56 Å². The van der Waals surface area contributed by atoms with Gasteiger partial charge >= 0.3 is 11.9 Å². The van der Waals surface area contributed by atoms with E-state index >= 15 is 0 Å². The largest absolute Gasteiger partial charge is 0.479 e. The Kier molecular flexibility index (Phi) is 4.30. The molecule has 4 nitrogen and oxygen atoms in total. The summed E-state index contributed by atoms with van der Waals surface area (Å²) in [5.74, 6) is -1.79. The summed E-state index contributed by atoms with van der Waals surface area (Å²) in [6, 6.07) is 6.74. The number of alkyl halides is 1. The monoisotopic (exact) mass is 272 g/mol. The number of halogens is 1. The fraction of sp³-hybridized carbons (Fsp3) is 0.200. The van der Waals surface area contributed by atoms with Crippen LogP contribution in [0.3, 0.4) is 0 Å². The van der Waals surface area contributed by atoms with Crippen molar-refractivity contribution in [2.45, 2.75) is 5.33 Å². The lowest BCUT2D eigenvalue weighted by Crippen LogP contribution is -2.12. The molecule has 0 aromatic heterocycles. The number of carboxylic acids is 1. The number of hydrogen-bond acceptors (Lipinski definition) is 3. The fourth-order valence-electron chi connectivity index (χ4n) is 0.941. The van der Waals surface area contributed by atoms with Gasteiger partial charge in [-0.05, 0) is 17.7 Å². The minimum Gasteiger partial charge on any atom is -0.479 e. The highest BCUT2D eigenvalue weighted by Crippen LogP contribution is 2.08. The van der Waals surface area contributed by atoms with Crippen LogP contribution in [0.1, 0.15) is 15.9 Å². The summed E-state index contributed by atoms with van der Waals surface area (Å²) in [5.41, 5.74) is 1.38. The Balaban J connectivity index is 2.62. The van der Waals surface area contributed by atoms with E-state index in [2.05, 4.69) is 20.7 Å². The van der Waals surface area contributed by atoms with E-state index in [1.165, 1.54) is 0 Å². The minimum absolute atomic E-state index is 0.348. The predicted octanol–water partition coefficient (Wildman–Crippen LogP) is 1.82. The van der Waals surface area contributed by atoms with Gasteiger partial charge in [-0.1, -0.05) is 28.1 Å². The first-order valence-corrected chi connectivity index (χ1v) is 5.29. The Hall–Kier alpha value is -1.36. The lowest BCUT2D eigenvalue weighted by atomic mass is 10.1. The number of esters is 1. The molecular formula is C10H9BrO4. The quantitative estimate of drug-likeness (QED) is 0.671. The minimum atomic E-state index is -1.17. The number of benzene rings is 1. The molecule has 0 saturated heterocycles. The van der Waals surface area contributed by atoms with Crippen LogP contribution in [0, 0.1) is 0 Å². The molecule has 0 unspecified atom stereocenters. The zero-order valence-corrected chi connectivity index (χ0v) is 9.36. The number of carbonyl (C=O) groups is 2. The maximum Gasteiger partial charge on any atom is 0.341 e. The number of hydrogen-bond donors (Lipinski definition) is 1. The second-order valence-corrected chi connectivity index (χ2v) is 3.36. The van der Waals surface area contributed by atoms with Gasteiger partial charge in [0.1, 0.15) is 0 Å². The van der Waals surface area contributed by atoms with Crippen LogP contribution in [0.2, 0.25) is 0 Å². The zero-order chi connectivity index (χ0) is 11.3. The molecule has 1 rings (SSSR count). The number of aliphatic carboxylic acids is 1. The molecule has 5 heteroatoms. The molecule has 80 valence electrons. The van der Waals surface area contributed by atoms with E-state index in [1.807, 2.05) is 0 Å². The van der Waals surface area contributed by atoms with Gasteiger partial charge in [0.2, 0.25) is 0 Å². The Morgan fingerprint density at radius 1 is 1.27 bits per heavy atom. The van der Waals surface area contributed by atoms with Crippen molar-refractivity contribution in [3.63, 3.8) is 0 Å². The highest BCUT2D eigenvalue weighted by atomic mass is 79.9. The Morgan fingerprint density at radius 3 is 2.33 bits per heavy atom. The highest BCUT2D eigenvalue weighted by molar-refractivity contribution is 9.08. The van der Waals surface area contributed by atoms with E-state index < -0.39 is 18.5 Å². The van der Waals surface area contributed by atoms with Crippen LogP contribution in [0.15, 0.2) is 24.3 Å². The number of carboxylic acid groups (broad SMARTS) is 1. The van der Waals surface area contributed by atoms with Gasteiger partial charge in [-0.25, -0.2) is 9.59 Å². The molecule has 0 fully saturated rings. The van der Waals surface area contributed by atoms with Crippen molar-refractivity contribution in [3.8, 4) is 0 Å². The van der Waals surface area contributed by atoms with Gasteiger partial charge in [0.15, 0.2) is 6.61 Å². The highest BCUT2D eigenvalue weighted by Gasteiger charge is 2.08. The van der Waals surface area contributed by atoms with Crippen molar-refractivity contribution in [1.82, 2.24) is 0 Å². The predicted molar refractivity (Wildman–Crippen MR) is 57.0 cm³/mol. The van der Waals surface area contributed by atoms with Crippen molar-refractivity contribution >= 4 is 27.9 Å². The summed E-state index contributed by atoms with van der Waals surface area (Å²) < 4.78 is 4.51. The standard InChI is InChI=1S/C10H9BrO4/c11-5-7-1-3-8(4-2-7)10(14)15-6-9(12)13/h1-4H,5-6H2,(H,12,13). The third-order valence-electron chi connectivity index (χ3n) is 1.67. The lowest BCUT2D eigenvalue weighted by molar-refractivity contribution is -0.140. The molecule has 0 spiro atoms. The summed E-state index contributed by atoms with van der Waals surface area (Å²) in [4.78, 5) is 21.4. The maximum atomic E-state index is 11.3. The van der Waals surface area contributed by atoms with Gasteiger partial charge < -0.3 is 9.84 Å². The van der Waals surface area contributed by atoms with Gasteiger partial charge in [-0.2, -0.15) is 0 Å². The number of ether oxygens (including phenoxy) is 1. The third-order valence-corrected chi connectivity index (χ3v) is 2.32. The molecule has 1 N–H and O–H groups in total. The molecule has 1 aromatic carbocycles. The molecule has 0 amide bonds. The van der Waals surface area contributed by atoms with Gasteiger partial charge in [-0.15, -0.1) is 0 Å². The number of rotatable bonds is 4. The van der Waals surface area contributed by atoms with Crippen molar-refractivity contribution < 1.29 is 19.4 Å². The molecule has 0 aliphatic heterocycles. The molecule has 0 heterocycles. The molecule has 0 atom stereocenters. The van der Waals surface area contributed by atoms with Crippen LogP contribution in [0.4, 0.5) is 0 Å². The van der Waals surface area contributed by atoms with E-state index in [1.54, 1.807) is 24.3 Å². The first kappa shape index (κ1) is 11.7. The Bertz CT molecular complexity index is 358. The Morgan fingerprint density at radius 2 is 1.87 bits per heavy atom. The average Bonchev–Trinajstić information content (AvgIpc) is 2.26. The summed E-state index contributed by atoms with van der Waals surface area (Å²) in [5, 5.41) is 9.01. The molecule has 0 aliphatic rings. The number of carbonyl (C=O) groups excluding carboxylic acids is 1. The Labute approximate surface area is 95.0 Å². The van der Waals surface area contributed by atoms with Gasteiger partial charge in [0.05, 0.1) is 5.56 Å². The zero-order valence-electron chi connectivity index (χ0n) is 7.77. The van der Waals surface area contributed by atoms with Crippen molar-refractivity contribution in [2.24, 2.45) is 0 Å². The van der Waals surface area contributed by atoms with Gasteiger partial charge in [-0.3, -0.25) is 0 Å². The van der Waals surface area contributed by atoms with E-state index in [-0.39, 0.29) is 0 Å². The second kappa shape index (κ2) is 5.50. The molecule has 15 heavy (non-hydrogen) atoms. The summed E-state index contributed by atoms with van der Waals surface area (Å²) in [6.07, 6.45) is 0. The summed E-state index contributed by atoms with van der Waals surface area (Å²) in [6.45, 7) is -0.612. The molecule has 0 aliphatic carbocycles. The van der Waals surface area contributed by atoms with Crippen LogP contribution < -0.4 is 0 Å². The SMILES string of the molecule is O=C(O)COC(=O)c1ccc(CBr)cc1. The molecule has 0 bridgehead atoms. The summed E-state index contributed by atoms with van der Waals surface area (Å²) >= 11 is 3.27. The average molecular weight is 273 g/mol. The van der Waals surface area contributed by atoms with E-state index in [0.29, 0.717) is 10.9 Å². The van der Waals surface area contributed by atoms with E-state index in [4.69, 9.17) is 5.11 Å². The molecule has 0 saturated carbocycles. The molecular weight excluding hydrogens is 264 g/mol. The lowest BCUT2D eigenvalue weighted by Gasteiger charge is -2.02. The van der Waals surface area contributed by atoms with Crippen molar-refractivity contribution in [1.29, 1.82) is 0 Å². The van der Waals surface area contributed by atoms with Crippen molar-refractivity contribution in [2.75, 3.05) is 6.61 Å². The van der Waals surface area contributed by atoms with Crippen LogP contribution in [-0.4, -0.2) is 23.7 Å². The van der Waals surface area contributed by atoms with Crippen LogP contribution in [0.5, 0.6) is 0 Å². The van der Waals surface area contributed by atoms with E-state index in [9.17, 15) is 9.59 Å². The first-order valence-electron chi connectivity index (χ1n) is 4.17. The van der Waals surface area contributed by atoms with Gasteiger partial charge in [0.25, 0.3) is 0 Å². The maximum absolute atomic E-state index is 11.3. The topological polar surface area (TPSA) is 63.6 Å². The van der Waals surface area contributed by atoms with Crippen LogP contribution in [-0.2, 0) is 14.9 Å². The van der Waals surface area contributed by atoms with Crippen LogP contribution in [0.25, 0.3) is 0 Å². The fourth-order valence-corrected chi connectivity index (χ4v) is 1.31. The second-order valence-electron chi connectivity index (χ2n) is 2.80. The molecule has 0 radical (unpaired) electrons. The van der Waals surface area contributed by atoms with Gasteiger partial charge in [0, 0.05) is 5.33 Å². The summed E-state index contributed by atoms with van der Waals surface area (Å²) in [7, 11) is 0. The molecule has 1 aromatic rings. The first-order chi connectivity index (χ1) is 7.13. The van der Waals surface area contributed by atoms with Crippen LogP contribution >= 0.6 is 15.9 Å². The third kappa shape index (κ3) is 3.71. The normalized spacial score (nSPS) is 9.67. The van der Waals surface area contributed by atoms with Crippen molar-refractivity contribution in [3.05, 3.63) is 35.4 Å². The smallest absolute Gasteiger partial charge is 0.341 e.